The molecule has 2 aromatic rings. The van der Waals surface area contributed by atoms with Gasteiger partial charge in [-0.3, -0.25) is 4.79 Å². The van der Waals surface area contributed by atoms with Gasteiger partial charge in [0.2, 0.25) is 5.91 Å². The molecule has 1 saturated carbocycles. The van der Waals surface area contributed by atoms with Gasteiger partial charge in [-0.15, -0.1) is 24.8 Å². The fraction of sp³-hybridized carbons (Fsp3) is 0.500. The minimum atomic E-state index is -0.433. The second-order valence-electron chi connectivity index (χ2n) is 9.58. The Bertz CT molecular complexity index is 806. The molecule has 4 N–H and O–H groups in total. The quantitative estimate of drug-likeness (QED) is 0.415. The molecule has 0 aliphatic heterocycles. The Kier molecular flexibility index (Phi) is 11.7. The van der Waals surface area contributed by atoms with E-state index in [-0.39, 0.29) is 36.1 Å². The van der Waals surface area contributed by atoms with Crippen LogP contribution in [0.3, 0.4) is 0 Å². The number of hydrogen-bond donors (Lipinski definition) is 3. The van der Waals surface area contributed by atoms with Gasteiger partial charge in [0.15, 0.2) is 0 Å². The number of carbonyl (C=O) groups is 1. The molecule has 1 fully saturated rings. The molecule has 0 radical (unpaired) electrons. The number of benzene rings is 2. The van der Waals surface area contributed by atoms with Crippen molar-refractivity contribution in [1.29, 1.82) is 0 Å². The molecule has 0 saturated heterocycles. The van der Waals surface area contributed by atoms with Crippen molar-refractivity contribution in [3.05, 3.63) is 71.3 Å². The summed E-state index contributed by atoms with van der Waals surface area (Å²) in [6.45, 7) is 8.11. The molecular formula is C26H39Cl2N3O. The lowest BCUT2D eigenvalue weighted by molar-refractivity contribution is -0.122. The molecule has 0 aromatic heterocycles. The van der Waals surface area contributed by atoms with Crippen LogP contribution in [0.15, 0.2) is 54.6 Å². The highest BCUT2D eigenvalue weighted by Gasteiger charge is 2.37. The molecule has 3 atom stereocenters. The van der Waals surface area contributed by atoms with Crippen molar-refractivity contribution < 1.29 is 4.79 Å². The summed E-state index contributed by atoms with van der Waals surface area (Å²) in [5.41, 5.74) is 10.1. The molecule has 6 heteroatoms. The number of rotatable bonds is 10. The van der Waals surface area contributed by atoms with E-state index in [1.807, 2.05) is 0 Å². The zero-order valence-electron chi connectivity index (χ0n) is 19.5. The molecule has 178 valence electrons. The molecule has 1 aliphatic carbocycles. The molecular weight excluding hydrogens is 441 g/mol. The highest BCUT2D eigenvalue weighted by Crippen LogP contribution is 2.40. The maximum atomic E-state index is 12.3. The highest BCUT2D eigenvalue weighted by molar-refractivity contribution is 5.85. The van der Waals surface area contributed by atoms with Crippen LogP contribution in [-0.4, -0.2) is 24.5 Å². The lowest BCUT2D eigenvalue weighted by Crippen LogP contribution is -2.40. The van der Waals surface area contributed by atoms with E-state index >= 15 is 0 Å². The van der Waals surface area contributed by atoms with Gasteiger partial charge in [-0.2, -0.15) is 0 Å². The minimum Gasteiger partial charge on any atom is -0.351 e. The zero-order valence-corrected chi connectivity index (χ0v) is 21.1. The third-order valence-electron chi connectivity index (χ3n) is 5.99. The predicted molar refractivity (Wildman–Crippen MR) is 139 cm³/mol. The highest BCUT2D eigenvalue weighted by atomic mass is 35.5. The van der Waals surface area contributed by atoms with Crippen molar-refractivity contribution in [3.63, 3.8) is 0 Å². The van der Waals surface area contributed by atoms with E-state index in [2.05, 4.69) is 86.0 Å². The van der Waals surface area contributed by atoms with Crippen molar-refractivity contribution >= 4 is 30.7 Å². The molecule has 4 nitrogen and oxygen atoms in total. The summed E-state index contributed by atoms with van der Waals surface area (Å²) in [6.07, 6.45) is 3.96. The van der Waals surface area contributed by atoms with E-state index in [9.17, 15) is 4.79 Å². The van der Waals surface area contributed by atoms with Gasteiger partial charge in [0.1, 0.15) is 0 Å². The minimum absolute atomic E-state index is 0. The van der Waals surface area contributed by atoms with Gasteiger partial charge >= 0.3 is 0 Å². The van der Waals surface area contributed by atoms with Crippen LogP contribution in [0.2, 0.25) is 0 Å². The summed E-state index contributed by atoms with van der Waals surface area (Å²) < 4.78 is 0. The van der Waals surface area contributed by atoms with Crippen molar-refractivity contribution in [1.82, 2.24) is 10.6 Å². The topological polar surface area (TPSA) is 67.2 Å². The number of unbranched alkanes of at least 4 members (excludes halogenated alkanes) is 1. The molecule has 1 amide bonds. The molecule has 3 rings (SSSR count). The number of amides is 1. The van der Waals surface area contributed by atoms with Crippen molar-refractivity contribution in [2.75, 3.05) is 6.54 Å². The van der Waals surface area contributed by atoms with Crippen LogP contribution in [0.5, 0.6) is 0 Å². The van der Waals surface area contributed by atoms with Crippen LogP contribution >= 0.6 is 24.8 Å². The second-order valence-corrected chi connectivity index (χ2v) is 9.58. The van der Waals surface area contributed by atoms with Crippen LogP contribution in [-0.2, 0) is 16.8 Å². The predicted octanol–water partition coefficient (Wildman–Crippen LogP) is 5.09. The Morgan fingerprint density at radius 1 is 1.03 bits per heavy atom. The van der Waals surface area contributed by atoms with Crippen LogP contribution in [0.4, 0.5) is 0 Å². The summed E-state index contributed by atoms with van der Waals surface area (Å²) in [4.78, 5) is 12.3. The molecule has 2 aromatic carbocycles. The number of carbonyl (C=O) groups excluding carboxylic acids is 1. The Morgan fingerprint density at radius 2 is 1.69 bits per heavy atom. The zero-order chi connectivity index (χ0) is 21.6. The SMILES string of the molecule is CC(C)(C)c1ccc(CNC(=O)C(N)CCCCNC2CC2c2ccccc2)cc1.Cl.Cl. The van der Waals surface area contributed by atoms with Gasteiger partial charge in [0, 0.05) is 18.5 Å². The summed E-state index contributed by atoms with van der Waals surface area (Å²) in [5.74, 6) is 0.603. The maximum Gasteiger partial charge on any atom is 0.237 e. The fourth-order valence-corrected chi connectivity index (χ4v) is 3.84. The molecule has 0 heterocycles. The fourth-order valence-electron chi connectivity index (χ4n) is 3.84. The maximum absolute atomic E-state index is 12.3. The molecule has 1 aliphatic rings. The Hall–Kier alpha value is -1.59. The number of nitrogens with two attached hydrogens (primary N) is 1. The first kappa shape index (κ1) is 28.4. The van der Waals surface area contributed by atoms with E-state index in [4.69, 9.17) is 5.73 Å². The summed E-state index contributed by atoms with van der Waals surface area (Å²) in [6, 6.07) is 19.3. The van der Waals surface area contributed by atoms with Crippen molar-refractivity contribution in [2.45, 2.75) is 76.4 Å². The van der Waals surface area contributed by atoms with E-state index < -0.39 is 6.04 Å². The average Bonchev–Trinajstić information content (AvgIpc) is 3.51. The van der Waals surface area contributed by atoms with Crippen LogP contribution in [0, 0.1) is 0 Å². The second kappa shape index (κ2) is 13.2. The Balaban J connectivity index is 0.00000256. The van der Waals surface area contributed by atoms with E-state index in [0.717, 1.165) is 31.4 Å². The van der Waals surface area contributed by atoms with Crippen LogP contribution in [0.25, 0.3) is 0 Å². The third kappa shape index (κ3) is 8.74. The van der Waals surface area contributed by atoms with Crippen molar-refractivity contribution in [3.8, 4) is 0 Å². The number of nitrogens with one attached hydrogen (secondary N) is 2. The first-order valence-electron chi connectivity index (χ1n) is 11.3. The van der Waals surface area contributed by atoms with Gasteiger partial charge in [0.05, 0.1) is 6.04 Å². The molecule has 3 unspecified atom stereocenters. The summed E-state index contributed by atoms with van der Waals surface area (Å²) in [7, 11) is 0. The van der Waals surface area contributed by atoms with Gasteiger partial charge < -0.3 is 16.4 Å². The summed E-state index contributed by atoms with van der Waals surface area (Å²) >= 11 is 0. The largest absolute Gasteiger partial charge is 0.351 e. The standard InChI is InChI=1S/C26H37N3O.2ClH/c1-26(2,3)21-14-12-19(13-15-21)18-29-25(30)23(27)11-7-8-16-28-24-17-22(24)20-9-5-4-6-10-20;;/h4-6,9-10,12-15,22-24,28H,7-8,11,16-18,27H2,1-3H3,(H,29,30);2*1H. The van der Waals surface area contributed by atoms with E-state index in [1.165, 1.54) is 17.5 Å². The normalized spacial score (nSPS) is 18.1. The van der Waals surface area contributed by atoms with Gasteiger partial charge in [-0.1, -0.05) is 81.8 Å². The Morgan fingerprint density at radius 3 is 2.31 bits per heavy atom. The molecule has 0 bridgehead atoms. The number of hydrogen-bond acceptors (Lipinski definition) is 3. The van der Waals surface area contributed by atoms with E-state index in [0.29, 0.717) is 18.5 Å². The van der Waals surface area contributed by atoms with Crippen molar-refractivity contribution in [2.24, 2.45) is 5.73 Å². The van der Waals surface area contributed by atoms with Gasteiger partial charge in [0.25, 0.3) is 0 Å². The Labute approximate surface area is 205 Å². The van der Waals surface area contributed by atoms with Gasteiger partial charge in [-0.05, 0) is 47.9 Å². The first-order valence-corrected chi connectivity index (χ1v) is 11.3. The summed E-state index contributed by atoms with van der Waals surface area (Å²) in [5, 5.41) is 6.60. The van der Waals surface area contributed by atoms with Crippen LogP contribution in [0.1, 0.15) is 69.1 Å². The van der Waals surface area contributed by atoms with Gasteiger partial charge in [-0.25, -0.2) is 0 Å². The molecule has 0 spiro atoms. The molecule has 32 heavy (non-hydrogen) atoms. The first-order chi connectivity index (χ1) is 14.3. The third-order valence-corrected chi connectivity index (χ3v) is 5.99. The monoisotopic (exact) mass is 479 g/mol. The van der Waals surface area contributed by atoms with Crippen LogP contribution < -0.4 is 16.4 Å². The number of halogens is 2. The smallest absolute Gasteiger partial charge is 0.237 e. The average molecular weight is 481 g/mol. The van der Waals surface area contributed by atoms with E-state index in [1.54, 1.807) is 0 Å². The lowest BCUT2D eigenvalue weighted by Gasteiger charge is -2.19. The lowest BCUT2D eigenvalue weighted by atomic mass is 9.87.